The van der Waals surface area contributed by atoms with Gasteiger partial charge in [0.1, 0.15) is 23.0 Å². The molecule has 4 nitrogen and oxygen atoms in total. The van der Waals surface area contributed by atoms with Gasteiger partial charge in [0.05, 0.1) is 10.6 Å². The Labute approximate surface area is 445 Å². The van der Waals surface area contributed by atoms with E-state index in [9.17, 15) is 0 Å². The van der Waals surface area contributed by atoms with Crippen molar-refractivity contribution < 1.29 is 18.1 Å². The first-order chi connectivity index (χ1) is 33.4. The summed E-state index contributed by atoms with van der Waals surface area (Å²) in [7, 11) is -3.22. The van der Waals surface area contributed by atoms with E-state index >= 15 is 0 Å². The molecule has 0 spiro atoms. The van der Waals surface area contributed by atoms with Crippen molar-refractivity contribution in [3.8, 4) is 34.1 Å². The molecule has 0 aromatic heterocycles. The molecule has 390 valence electrons. The molecule has 4 heterocycles. The van der Waals surface area contributed by atoms with Gasteiger partial charge in [-0.15, -0.1) is 0 Å². The van der Waals surface area contributed by atoms with Gasteiger partial charge in [0, 0.05) is 22.3 Å². The quantitative estimate of drug-likeness (QED) is 0.149. The number of rotatable bonds is 7. The van der Waals surface area contributed by atoms with Gasteiger partial charge in [-0.05, 0) is 132 Å². The van der Waals surface area contributed by atoms with Gasteiger partial charge in [-0.1, -0.05) is 225 Å². The molecule has 4 aliphatic rings. The fraction of sp³-hybridized carbons (Fsp3) is 0.463. The van der Waals surface area contributed by atoms with Gasteiger partial charge in [-0.25, -0.2) is 0 Å². The first kappa shape index (κ1) is 56.1. The Kier molecular flexibility index (Phi) is 15.2. The zero-order valence-corrected chi connectivity index (χ0v) is 50.6. The highest BCUT2D eigenvalue weighted by Gasteiger charge is 2.37. The largest absolute Gasteiger partial charge is 0.435 e. The normalized spacial score (nSPS) is 15.7. The minimum Gasteiger partial charge on any atom is -0.435 e. The lowest BCUT2D eigenvalue weighted by Gasteiger charge is -2.38. The van der Waals surface area contributed by atoms with Crippen molar-refractivity contribution in [3.05, 3.63) is 166 Å². The Hall–Kier alpha value is -4.62. The Morgan fingerprint density at radius 1 is 0.397 bits per heavy atom. The third-order valence-electron chi connectivity index (χ3n) is 14.5. The summed E-state index contributed by atoms with van der Waals surface area (Å²) < 4.78 is 28.8. The molecular weight excluding hydrogens is 931 g/mol. The Morgan fingerprint density at radius 2 is 0.753 bits per heavy atom. The highest BCUT2D eigenvalue weighted by molar-refractivity contribution is 7.57. The summed E-state index contributed by atoms with van der Waals surface area (Å²) in [5.74, 6) is 3.43. The van der Waals surface area contributed by atoms with Gasteiger partial charge in [-0.3, -0.25) is 0 Å². The van der Waals surface area contributed by atoms with Crippen molar-refractivity contribution in [1.82, 2.24) is 0 Å². The van der Waals surface area contributed by atoms with Crippen LogP contribution in [0.5, 0.6) is 23.0 Å². The van der Waals surface area contributed by atoms with Gasteiger partial charge >= 0.3 is 16.8 Å². The monoisotopic (exact) mass is 1020 g/mol. The van der Waals surface area contributed by atoms with Crippen LogP contribution in [-0.4, -0.2) is 0 Å². The van der Waals surface area contributed by atoms with E-state index in [0.29, 0.717) is 0 Å². The van der Waals surface area contributed by atoms with Crippen LogP contribution in [0.4, 0.5) is 0 Å². The highest BCUT2D eigenvalue weighted by atomic mass is 31.2. The van der Waals surface area contributed by atoms with E-state index in [1.165, 1.54) is 44.5 Å². The van der Waals surface area contributed by atoms with E-state index in [0.717, 1.165) is 51.2 Å². The van der Waals surface area contributed by atoms with Crippen LogP contribution < -0.4 is 28.7 Å². The maximum atomic E-state index is 7.20. The van der Waals surface area contributed by atoms with Crippen LogP contribution in [0.2, 0.25) is 0 Å². The van der Waals surface area contributed by atoms with Crippen LogP contribution in [-0.2, 0) is 43.3 Å². The molecule has 4 aliphatic heterocycles. The van der Waals surface area contributed by atoms with E-state index in [4.69, 9.17) is 18.1 Å². The Bertz CT molecular complexity index is 2760. The van der Waals surface area contributed by atoms with Gasteiger partial charge in [0.15, 0.2) is 0 Å². The zero-order valence-electron chi connectivity index (χ0n) is 48.8. The minimum absolute atomic E-state index is 0.00309. The van der Waals surface area contributed by atoms with Crippen molar-refractivity contribution in [2.75, 3.05) is 0 Å². The van der Waals surface area contributed by atoms with Crippen molar-refractivity contribution in [3.63, 3.8) is 0 Å². The summed E-state index contributed by atoms with van der Waals surface area (Å²) in [5.41, 5.74) is 11.3. The van der Waals surface area contributed by atoms with Gasteiger partial charge in [0.2, 0.25) is 0 Å². The third kappa shape index (κ3) is 12.9. The molecule has 10 rings (SSSR count). The second-order valence-corrected chi connectivity index (χ2v) is 31.1. The van der Waals surface area contributed by atoms with E-state index in [1.54, 1.807) is 0 Å². The molecule has 73 heavy (non-hydrogen) atoms. The second-order valence-electron chi connectivity index (χ2n) is 28.3. The Balaban J connectivity index is 1.29. The SMILES string of the molecule is CC(C)(C)c1ccc(OP(Oc2ccc(C(C)(C)C)cc2C(C)(C)C)c2ccc(-c3ccc(P4Oc5ccc(cc5C(C)(C)C)C(C)(C)CC(C)(C)c5ccc(c(C(C)(C)C)c5)O4)cc3)cc2)c(C(C)(C)C)c1. The fourth-order valence-corrected chi connectivity index (χ4v) is 12.7. The van der Waals surface area contributed by atoms with Crippen molar-refractivity contribution >= 4 is 27.4 Å². The minimum atomic E-state index is -1.62. The van der Waals surface area contributed by atoms with Crippen LogP contribution in [0, 0.1) is 0 Å². The maximum Gasteiger partial charge on any atom is 0.326 e. The average molecular weight is 1020 g/mol. The van der Waals surface area contributed by atoms with E-state index < -0.39 is 16.8 Å². The average Bonchev–Trinajstić information content (AvgIpc) is 3.26. The zero-order chi connectivity index (χ0) is 54.1. The summed E-state index contributed by atoms with van der Waals surface area (Å²) in [6, 6.07) is 44.6. The number of hydrogen-bond donors (Lipinski definition) is 0. The van der Waals surface area contributed by atoms with E-state index in [2.05, 4.69) is 274 Å². The molecule has 0 amide bonds. The van der Waals surface area contributed by atoms with Crippen molar-refractivity contribution in [1.29, 1.82) is 0 Å². The molecule has 6 heteroatoms. The molecule has 4 bridgehead atoms. The molecule has 0 fully saturated rings. The van der Waals surface area contributed by atoms with E-state index in [-0.39, 0.29) is 43.3 Å². The molecule has 0 radical (unpaired) electrons. The fourth-order valence-electron chi connectivity index (χ4n) is 10.0. The molecule has 6 aromatic carbocycles. The molecule has 0 aliphatic carbocycles. The molecule has 6 aromatic rings. The lowest BCUT2D eigenvalue weighted by Crippen LogP contribution is -2.31. The molecule has 0 atom stereocenters. The summed E-state index contributed by atoms with van der Waals surface area (Å²) in [6.07, 6.45) is 0.993. The summed E-state index contributed by atoms with van der Waals surface area (Å²) in [4.78, 5) is 0. The first-order valence-corrected chi connectivity index (χ1v) is 28.9. The third-order valence-corrected chi connectivity index (χ3v) is 17.4. The molecule has 0 saturated carbocycles. The lowest BCUT2D eigenvalue weighted by atomic mass is 9.67. The van der Waals surface area contributed by atoms with Crippen LogP contribution >= 0.6 is 16.8 Å². The molecule has 0 N–H and O–H groups in total. The Morgan fingerprint density at radius 3 is 1.10 bits per heavy atom. The topological polar surface area (TPSA) is 36.9 Å². The maximum absolute atomic E-state index is 7.20. The summed E-state index contributed by atoms with van der Waals surface area (Å²) in [6.45, 7) is 50.4. The van der Waals surface area contributed by atoms with E-state index in [1.807, 2.05) is 0 Å². The van der Waals surface area contributed by atoms with Gasteiger partial charge in [0.25, 0.3) is 0 Å². The summed E-state index contributed by atoms with van der Waals surface area (Å²) >= 11 is 0. The smallest absolute Gasteiger partial charge is 0.326 e. The van der Waals surface area contributed by atoms with Gasteiger partial charge < -0.3 is 18.1 Å². The van der Waals surface area contributed by atoms with Crippen LogP contribution in [0.3, 0.4) is 0 Å². The predicted molar refractivity (Wildman–Crippen MR) is 316 cm³/mol. The summed E-state index contributed by atoms with van der Waals surface area (Å²) in [5, 5.41) is 1.99. The lowest BCUT2D eigenvalue weighted by molar-refractivity contribution is 0.346. The number of hydrogen-bond acceptors (Lipinski definition) is 4. The van der Waals surface area contributed by atoms with Crippen LogP contribution in [0.25, 0.3) is 11.1 Å². The standard InChI is InChI=1S/C67H88O4P2/c1-60(2,3)46-27-35-56(52(39-46)62(7,8)9)68-72(69-57-36-28-47(61(4,5)6)40-53(57)63(10,11)12)50-31-23-44(24-32-50)45-25-33-51(34-26-45)73-70-58-37-29-48(41-54(58)64(13,14)15)66(19,20)43-67(21,22)49-30-38-59(71-73)55(42-49)65(16,17)18/h23-42H,43H2,1-22H3. The second kappa shape index (κ2) is 19.8. The molecular formula is C67H88O4P2. The number of benzene rings is 6. The van der Waals surface area contributed by atoms with Crippen LogP contribution in [0.15, 0.2) is 121 Å². The molecule has 0 unspecified atom stereocenters. The first-order valence-electron chi connectivity index (χ1n) is 26.5. The van der Waals surface area contributed by atoms with Crippen LogP contribution in [0.1, 0.15) is 203 Å². The van der Waals surface area contributed by atoms with Crippen molar-refractivity contribution in [2.45, 2.75) is 202 Å². The van der Waals surface area contributed by atoms with Gasteiger partial charge in [-0.2, -0.15) is 0 Å². The van der Waals surface area contributed by atoms with Crippen molar-refractivity contribution in [2.24, 2.45) is 0 Å². The highest BCUT2D eigenvalue weighted by Crippen LogP contribution is 2.51. The predicted octanol–water partition coefficient (Wildman–Crippen LogP) is 19.3. The molecule has 0 saturated heterocycles.